The number of halogens is 1. The van der Waals surface area contributed by atoms with Crippen LogP contribution in [0, 0.1) is 12.3 Å². The van der Waals surface area contributed by atoms with Crippen LogP contribution in [0.4, 0.5) is 4.39 Å². The van der Waals surface area contributed by atoms with Gasteiger partial charge >= 0.3 is 0 Å². The molecule has 1 N–H and O–H groups in total. The predicted octanol–water partition coefficient (Wildman–Crippen LogP) is 1.12. The van der Waals surface area contributed by atoms with Gasteiger partial charge in [-0.3, -0.25) is 0 Å². The molecule has 0 saturated carbocycles. The molecule has 0 radical (unpaired) electrons. The summed E-state index contributed by atoms with van der Waals surface area (Å²) in [6.07, 6.45) is 5.68. The average molecular weight is 185 g/mol. The maximum absolute atomic E-state index is 13.6. The monoisotopic (exact) mass is 185 g/mol. The summed E-state index contributed by atoms with van der Waals surface area (Å²) in [5, 5.41) is 3.20. The van der Waals surface area contributed by atoms with Gasteiger partial charge in [0.2, 0.25) is 0 Å². The Morgan fingerprint density at radius 3 is 3.08 bits per heavy atom. The van der Waals surface area contributed by atoms with Gasteiger partial charge in [-0.15, -0.1) is 12.3 Å². The Hall–Kier alpha value is -0.590. The van der Waals surface area contributed by atoms with Crippen molar-refractivity contribution in [3.05, 3.63) is 0 Å². The number of terminal acetylenes is 1. The molecular formula is C10H16FNO. The molecule has 0 bridgehead atoms. The van der Waals surface area contributed by atoms with Crippen molar-refractivity contribution in [2.45, 2.75) is 31.5 Å². The average Bonchev–Trinajstić information content (AvgIpc) is 2.04. The third kappa shape index (κ3) is 3.75. The molecule has 74 valence electrons. The van der Waals surface area contributed by atoms with E-state index in [4.69, 9.17) is 11.2 Å². The normalized spacial score (nSPS) is 27.6. The minimum atomic E-state index is -1.27. The molecule has 0 aromatic heterocycles. The third-order valence-electron chi connectivity index (χ3n) is 2.14. The van der Waals surface area contributed by atoms with Gasteiger partial charge in [0.1, 0.15) is 5.67 Å². The minimum absolute atomic E-state index is 0.108. The van der Waals surface area contributed by atoms with Crippen molar-refractivity contribution in [1.29, 1.82) is 0 Å². The van der Waals surface area contributed by atoms with Gasteiger partial charge in [0.15, 0.2) is 0 Å². The van der Waals surface area contributed by atoms with Crippen LogP contribution in [0.25, 0.3) is 0 Å². The van der Waals surface area contributed by atoms with E-state index in [2.05, 4.69) is 11.2 Å². The van der Waals surface area contributed by atoms with Crippen LogP contribution in [0.15, 0.2) is 0 Å². The fourth-order valence-electron chi connectivity index (χ4n) is 1.55. The van der Waals surface area contributed by atoms with E-state index in [0.717, 1.165) is 6.54 Å². The number of hydrogen-bond donors (Lipinski definition) is 1. The maximum Gasteiger partial charge on any atom is 0.120 e. The highest BCUT2D eigenvalue weighted by Crippen LogP contribution is 2.22. The van der Waals surface area contributed by atoms with E-state index < -0.39 is 5.67 Å². The Morgan fingerprint density at radius 1 is 1.77 bits per heavy atom. The second kappa shape index (κ2) is 4.59. The lowest BCUT2D eigenvalue weighted by atomic mass is 9.95. The summed E-state index contributed by atoms with van der Waals surface area (Å²) in [5.74, 6) is 2.35. The summed E-state index contributed by atoms with van der Waals surface area (Å²) < 4.78 is 18.9. The van der Waals surface area contributed by atoms with Gasteiger partial charge in [0.05, 0.1) is 13.2 Å². The molecule has 1 heterocycles. The lowest BCUT2D eigenvalue weighted by Crippen LogP contribution is -2.44. The first-order chi connectivity index (χ1) is 6.14. The van der Waals surface area contributed by atoms with Crippen molar-refractivity contribution in [3.8, 4) is 12.3 Å². The minimum Gasteiger partial charge on any atom is -0.379 e. The summed E-state index contributed by atoms with van der Waals surface area (Å²) in [6.45, 7) is 3.65. The summed E-state index contributed by atoms with van der Waals surface area (Å²) in [6, 6.07) is 0.108. The smallest absolute Gasteiger partial charge is 0.120 e. The number of rotatable bonds is 3. The molecule has 2 nitrogen and oxygen atoms in total. The third-order valence-corrected chi connectivity index (χ3v) is 2.14. The zero-order valence-corrected chi connectivity index (χ0v) is 7.98. The predicted molar refractivity (Wildman–Crippen MR) is 50.2 cm³/mol. The molecule has 1 rings (SSSR count). The summed E-state index contributed by atoms with van der Waals surface area (Å²) >= 11 is 0. The number of morpholine rings is 1. The van der Waals surface area contributed by atoms with Crippen LogP contribution in [0.5, 0.6) is 0 Å². The zero-order chi connectivity index (χ0) is 9.73. The molecule has 0 aromatic carbocycles. The van der Waals surface area contributed by atoms with Crippen LogP contribution in [0.3, 0.4) is 0 Å². The first-order valence-electron chi connectivity index (χ1n) is 4.57. The Labute approximate surface area is 78.8 Å². The Morgan fingerprint density at radius 2 is 2.54 bits per heavy atom. The number of alkyl halides is 1. The van der Waals surface area contributed by atoms with Gasteiger partial charge in [-0.05, 0) is 13.3 Å². The van der Waals surface area contributed by atoms with E-state index in [1.54, 1.807) is 6.92 Å². The molecule has 3 heteroatoms. The number of ether oxygens (including phenoxy) is 1. The second-order valence-electron chi connectivity index (χ2n) is 3.72. The van der Waals surface area contributed by atoms with Crippen molar-refractivity contribution in [2.75, 3.05) is 19.8 Å². The molecule has 2 atom stereocenters. The Balaban J connectivity index is 2.33. The van der Waals surface area contributed by atoms with Crippen LogP contribution in [-0.2, 0) is 4.74 Å². The topological polar surface area (TPSA) is 21.3 Å². The highest BCUT2D eigenvalue weighted by molar-refractivity contribution is 4.95. The van der Waals surface area contributed by atoms with Crippen molar-refractivity contribution >= 4 is 0 Å². The van der Waals surface area contributed by atoms with E-state index in [1.807, 2.05) is 0 Å². The van der Waals surface area contributed by atoms with Crippen LogP contribution in [0.1, 0.15) is 19.8 Å². The molecule has 13 heavy (non-hydrogen) atoms. The lowest BCUT2D eigenvalue weighted by molar-refractivity contribution is 0.0495. The quantitative estimate of drug-likeness (QED) is 0.665. The standard InChI is InChI=1S/C10H16FNO/c1-3-4-10(2,11)7-9-8-13-6-5-12-9/h1,9,12H,4-8H2,2H3. The largest absolute Gasteiger partial charge is 0.379 e. The number of nitrogens with one attached hydrogen (secondary N) is 1. The second-order valence-corrected chi connectivity index (χ2v) is 3.72. The molecule has 1 saturated heterocycles. The first-order valence-corrected chi connectivity index (χ1v) is 4.57. The summed E-state index contributed by atoms with van der Waals surface area (Å²) in [4.78, 5) is 0. The van der Waals surface area contributed by atoms with Gasteiger partial charge in [0, 0.05) is 19.0 Å². The maximum atomic E-state index is 13.6. The van der Waals surface area contributed by atoms with E-state index in [-0.39, 0.29) is 12.5 Å². The van der Waals surface area contributed by atoms with Gasteiger partial charge in [-0.25, -0.2) is 4.39 Å². The van der Waals surface area contributed by atoms with E-state index in [0.29, 0.717) is 19.6 Å². The first kappa shape index (κ1) is 10.5. The molecule has 1 aliphatic rings. The molecule has 1 fully saturated rings. The lowest BCUT2D eigenvalue weighted by Gasteiger charge is -2.28. The van der Waals surface area contributed by atoms with Crippen molar-refractivity contribution in [3.63, 3.8) is 0 Å². The van der Waals surface area contributed by atoms with Crippen molar-refractivity contribution < 1.29 is 9.13 Å². The van der Waals surface area contributed by atoms with Gasteiger partial charge in [-0.2, -0.15) is 0 Å². The van der Waals surface area contributed by atoms with Crippen LogP contribution >= 0.6 is 0 Å². The highest BCUT2D eigenvalue weighted by atomic mass is 19.1. The molecule has 2 unspecified atom stereocenters. The molecule has 0 aliphatic carbocycles. The molecule has 0 aromatic rings. The van der Waals surface area contributed by atoms with Gasteiger partial charge in [-0.1, -0.05) is 0 Å². The van der Waals surface area contributed by atoms with Crippen LogP contribution in [0.2, 0.25) is 0 Å². The fraction of sp³-hybridized carbons (Fsp3) is 0.800. The molecule has 0 spiro atoms. The molecule has 0 amide bonds. The molecule has 1 aliphatic heterocycles. The van der Waals surface area contributed by atoms with E-state index >= 15 is 0 Å². The van der Waals surface area contributed by atoms with Crippen molar-refractivity contribution in [1.82, 2.24) is 5.32 Å². The van der Waals surface area contributed by atoms with E-state index in [9.17, 15) is 4.39 Å². The summed E-state index contributed by atoms with van der Waals surface area (Å²) in [7, 11) is 0. The Kier molecular flexibility index (Phi) is 3.71. The van der Waals surface area contributed by atoms with Crippen LogP contribution < -0.4 is 5.32 Å². The van der Waals surface area contributed by atoms with E-state index in [1.165, 1.54) is 0 Å². The Bertz CT molecular complexity index is 192. The van der Waals surface area contributed by atoms with Gasteiger partial charge in [0.25, 0.3) is 0 Å². The highest BCUT2D eigenvalue weighted by Gasteiger charge is 2.27. The fourth-order valence-corrected chi connectivity index (χ4v) is 1.55. The zero-order valence-electron chi connectivity index (χ0n) is 7.98. The molecular weight excluding hydrogens is 169 g/mol. The van der Waals surface area contributed by atoms with Crippen molar-refractivity contribution in [2.24, 2.45) is 0 Å². The van der Waals surface area contributed by atoms with Gasteiger partial charge < -0.3 is 10.1 Å². The van der Waals surface area contributed by atoms with Crippen LogP contribution in [-0.4, -0.2) is 31.5 Å². The number of hydrogen-bond acceptors (Lipinski definition) is 2. The summed E-state index contributed by atoms with van der Waals surface area (Å²) in [5.41, 5.74) is -1.27. The SMILES string of the molecule is C#CCC(C)(F)CC1COCCN1.